The zero-order valence-electron chi connectivity index (χ0n) is 16.6. The van der Waals surface area contributed by atoms with Crippen molar-refractivity contribution in [1.82, 2.24) is 24.7 Å². The number of rotatable bonds is 5. The number of fused-ring (bicyclic) bond motifs is 1. The molecule has 5 rings (SSSR count). The molecule has 3 aromatic heterocycles. The lowest BCUT2D eigenvalue weighted by atomic mass is 10.1. The summed E-state index contributed by atoms with van der Waals surface area (Å²) in [6.07, 6.45) is 1.94. The van der Waals surface area contributed by atoms with Gasteiger partial charge in [-0.15, -0.1) is 10.2 Å². The Morgan fingerprint density at radius 3 is 2.71 bits per heavy atom. The van der Waals surface area contributed by atoms with E-state index in [9.17, 15) is 14.4 Å². The molecule has 3 heterocycles. The molecule has 156 valence electrons. The average Bonchev–Trinajstić information content (AvgIpc) is 3.52. The molecule has 0 atom stereocenters. The molecular formula is C21H18N6O3S. The number of aromatic nitrogens is 5. The second-order valence-corrected chi connectivity index (χ2v) is 8.28. The monoisotopic (exact) mass is 434 g/mol. The van der Waals surface area contributed by atoms with E-state index in [1.165, 1.54) is 15.9 Å². The van der Waals surface area contributed by atoms with Crippen molar-refractivity contribution in [1.29, 1.82) is 0 Å². The van der Waals surface area contributed by atoms with E-state index in [-0.39, 0.29) is 22.5 Å². The molecule has 9 nitrogen and oxygen atoms in total. The number of hydrogen-bond donors (Lipinski definition) is 2. The highest BCUT2D eigenvalue weighted by Crippen LogP contribution is 2.40. The Kier molecular flexibility index (Phi) is 4.70. The molecule has 10 heteroatoms. The minimum Gasteiger partial charge on any atom is -0.296 e. The van der Waals surface area contributed by atoms with Gasteiger partial charge in [0.2, 0.25) is 5.13 Å². The molecule has 0 aliphatic heterocycles. The minimum absolute atomic E-state index is 0.0937. The van der Waals surface area contributed by atoms with E-state index in [2.05, 4.69) is 25.5 Å². The second-order valence-electron chi connectivity index (χ2n) is 7.30. The summed E-state index contributed by atoms with van der Waals surface area (Å²) in [5, 5.41) is 12.0. The molecule has 0 spiro atoms. The van der Waals surface area contributed by atoms with Crippen LogP contribution >= 0.6 is 11.3 Å². The molecule has 1 saturated carbocycles. The molecule has 1 aliphatic rings. The number of nitrogens with one attached hydrogen (secondary N) is 2. The van der Waals surface area contributed by atoms with Crippen molar-refractivity contribution in [2.24, 2.45) is 0 Å². The fourth-order valence-corrected chi connectivity index (χ4v) is 4.23. The number of hydrogen-bond acceptors (Lipinski definition) is 7. The molecule has 0 unspecified atom stereocenters. The highest BCUT2D eigenvalue weighted by molar-refractivity contribution is 7.18. The predicted octanol–water partition coefficient (Wildman–Crippen LogP) is 2.75. The number of amides is 1. The van der Waals surface area contributed by atoms with E-state index in [1.807, 2.05) is 30.3 Å². The number of H-pyrrole nitrogens is 1. The highest BCUT2D eigenvalue weighted by atomic mass is 32.1. The van der Waals surface area contributed by atoms with Crippen molar-refractivity contribution in [2.75, 3.05) is 5.32 Å². The predicted molar refractivity (Wildman–Crippen MR) is 118 cm³/mol. The molecule has 0 saturated heterocycles. The Labute approximate surface area is 179 Å². The van der Waals surface area contributed by atoms with E-state index in [1.54, 1.807) is 13.0 Å². The van der Waals surface area contributed by atoms with Crippen molar-refractivity contribution >= 4 is 33.4 Å². The Hall–Kier alpha value is -3.66. The van der Waals surface area contributed by atoms with Gasteiger partial charge in [-0.2, -0.15) is 0 Å². The Bertz CT molecular complexity index is 1420. The largest absolute Gasteiger partial charge is 0.329 e. The SMILES string of the molecule is CCn1c(=O)[nH]c(=O)c2c(C(=O)Nc3nnc(-c4ccccc4)s3)cc(C3CC3)nc21. The van der Waals surface area contributed by atoms with Crippen LogP contribution in [-0.2, 0) is 6.54 Å². The van der Waals surface area contributed by atoms with Crippen LogP contribution in [-0.4, -0.2) is 30.6 Å². The van der Waals surface area contributed by atoms with Crippen molar-refractivity contribution in [2.45, 2.75) is 32.2 Å². The highest BCUT2D eigenvalue weighted by Gasteiger charge is 2.29. The number of pyridine rings is 1. The van der Waals surface area contributed by atoms with Gasteiger partial charge in [0.05, 0.1) is 10.9 Å². The van der Waals surface area contributed by atoms with Gasteiger partial charge in [-0.3, -0.25) is 24.5 Å². The van der Waals surface area contributed by atoms with Gasteiger partial charge >= 0.3 is 5.69 Å². The maximum absolute atomic E-state index is 13.2. The van der Waals surface area contributed by atoms with Gasteiger partial charge in [0.15, 0.2) is 5.65 Å². The summed E-state index contributed by atoms with van der Waals surface area (Å²) >= 11 is 1.24. The third-order valence-electron chi connectivity index (χ3n) is 5.19. The smallest absolute Gasteiger partial charge is 0.296 e. The number of aromatic amines is 1. The molecule has 31 heavy (non-hydrogen) atoms. The lowest BCUT2D eigenvalue weighted by Crippen LogP contribution is -2.32. The molecule has 2 N–H and O–H groups in total. The number of aryl methyl sites for hydroxylation is 1. The molecule has 0 radical (unpaired) electrons. The van der Waals surface area contributed by atoms with Crippen LogP contribution in [0.15, 0.2) is 46.0 Å². The zero-order valence-corrected chi connectivity index (χ0v) is 17.4. The normalized spacial score (nSPS) is 13.5. The fraction of sp³-hybridized carbons (Fsp3) is 0.238. The summed E-state index contributed by atoms with van der Waals surface area (Å²) in [5.41, 5.74) is 0.844. The molecular weight excluding hydrogens is 416 g/mol. The third-order valence-corrected chi connectivity index (χ3v) is 6.08. The lowest BCUT2D eigenvalue weighted by Gasteiger charge is -2.11. The van der Waals surface area contributed by atoms with Crippen molar-refractivity contribution in [3.63, 3.8) is 0 Å². The van der Waals surface area contributed by atoms with Crippen molar-refractivity contribution in [3.05, 3.63) is 68.5 Å². The number of carbonyl (C=O) groups excluding carboxylic acids is 1. The van der Waals surface area contributed by atoms with E-state index in [0.717, 1.165) is 18.4 Å². The van der Waals surface area contributed by atoms with Gasteiger partial charge in [0.1, 0.15) is 5.01 Å². The fourth-order valence-electron chi connectivity index (χ4n) is 3.49. The number of anilines is 1. The van der Waals surface area contributed by atoms with Gasteiger partial charge < -0.3 is 0 Å². The van der Waals surface area contributed by atoms with Gasteiger partial charge in [-0.1, -0.05) is 41.7 Å². The summed E-state index contributed by atoms with van der Waals surface area (Å²) < 4.78 is 1.37. The first-order chi connectivity index (χ1) is 15.0. The standard InChI is InChI=1S/C21H18N6O3S/c1-2-27-16-15(18(29)24-21(27)30)13(10-14(22-16)11-8-9-11)17(28)23-20-26-25-19(31-20)12-6-4-3-5-7-12/h3-7,10-11H,2,8-9H2,1H3,(H,23,26,28)(H,24,29,30). The Morgan fingerprint density at radius 2 is 2.00 bits per heavy atom. The number of nitrogens with zero attached hydrogens (tertiary/aromatic N) is 4. The van der Waals surface area contributed by atoms with Crippen LogP contribution in [0.25, 0.3) is 21.6 Å². The molecule has 4 aromatic rings. The van der Waals surface area contributed by atoms with Crippen LogP contribution in [0.3, 0.4) is 0 Å². The topological polar surface area (TPSA) is 123 Å². The molecule has 1 fully saturated rings. The van der Waals surface area contributed by atoms with Crippen LogP contribution in [0, 0.1) is 0 Å². The summed E-state index contributed by atoms with van der Waals surface area (Å²) in [6, 6.07) is 11.2. The van der Waals surface area contributed by atoms with Crippen LogP contribution in [0.4, 0.5) is 5.13 Å². The zero-order chi connectivity index (χ0) is 21.5. The summed E-state index contributed by atoms with van der Waals surface area (Å²) in [5.74, 6) is -0.251. The molecule has 0 bridgehead atoms. The van der Waals surface area contributed by atoms with Gasteiger partial charge in [-0.05, 0) is 25.8 Å². The van der Waals surface area contributed by atoms with Gasteiger partial charge in [0, 0.05) is 23.7 Å². The maximum Gasteiger partial charge on any atom is 0.329 e. The molecule has 1 aromatic carbocycles. The van der Waals surface area contributed by atoms with Crippen LogP contribution in [0.1, 0.15) is 41.7 Å². The first kappa shape index (κ1) is 19.3. The first-order valence-electron chi connectivity index (χ1n) is 9.93. The quantitative estimate of drug-likeness (QED) is 0.498. The molecule has 1 aliphatic carbocycles. The van der Waals surface area contributed by atoms with Crippen LogP contribution < -0.4 is 16.6 Å². The molecule has 1 amide bonds. The Balaban J connectivity index is 1.58. The van der Waals surface area contributed by atoms with Crippen LogP contribution in [0.2, 0.25) is 0 Å². The van der Waals surface area contributed by atoms with Crippen molar-refractivity contribution in [3.8, 4) is 10.6 Å². The minimum atomic E-state index is -0.632. The van der Waals surface area contributed by atoms with Gasteiger partial charge in [-0.25, -0.2) is 9.78 Å². The first-order valence-corrected chi connectivity index (χ1v) is 10.7. The van der Waals surface area contributed by atoms with Gasteiger partial charge in [0.25, 0.3) is 11.5 Å². The van der Waals surface area contributed by atoms with Crippen molar-refractivity contribution < 1.29 is 4.79 Å². The third kappa shape index (κ3) is 3.55. The number of benzene rings is 1. The maximum atomic E-state index is 13.2. The summed E-state index contributed by atoms with van der Waals surface area (Å²) in [7, 11) is 0. The van der Waals surface area contributed by atoms with E-state index in [4.69, 9.17) is 0 Å². The average molecular weight is 434 g/mol. The summed E-state index contributed by atoms with van der Waals surface area (Å²) in [6.45, 7) is 2.11. The number of carbonyl (C=O) groups is 1. The lowest BCUT2D eigenvalue weighted by molar-refractivity contribution is 0.102. The summed E-state index contributed by atoms with van der Waals surface area (Å²) in [4.78, 5) is 44.9. The second kappa shape index (κ2) is 7.55. The van der Waals surface area contributed by atoms with E-state index >= 15 is 0 Å². The van der Waals surface area contributed by atoms with E-state index < -0.39 is 17.2 Å². The van der Waals surface area contributed by atoms with E-state index in [0.29, 0.717) is 22.4 Å². The van der Waals surface area contributed by atoms with Crippen LogP contribution in [0.5, 0.6) is 0 Å². The Morgan fingerprint density at radius 1 is 1.23 bits per heavy atom.